The van der Waals surface area contributed by atoms with Crippen molar-refractivity contribution in [1.29, 1.82) is 0 Å². The second kappa shape index (κ2) is 5.65. The van der Waals surface area contributed by atoms with E-state index in [4.69, 9.17) is 4.74 Å². The number of pyridine rings is 1. The summed E-state index contributed by atoms with van der Waals surface area (Å²) in [4.78, 5) is 23.3. The van der Waals surface area contributed by atoms with E-state index in [0.29, 0.717) is 5.82 Å². The predicted octanol–water partition coefficient (Wildman–Crippen LogP) is 2.38. The van der Waals surface area contributed by atoms with Crippen LogP contribution in [0.15, 0.2) is 30.7 Å². The lowest BCUT2D eigenvalue weighted by Crippen LogP contribution is -2.20. The van der Waals surface area contributed by atoms with Crippen molar-refractivity contribution in [3.63, 3.8) is 0 Å². The zero-order chi connectivity index (χ0) is 13.8. The maximum absolute atomic E-state index is 11.8. The van der Waals surface area contributed by atoms with Gasteiger partial charge < -0.3 is 9.72 Å². The quantitative estimate of drug-likeness (QED) is 0.856. The normalized spacial score (nSPS) is 12.4. The SMILES string of the molecule is COC(=O)C(c1ncc(-c2cccnc2)[nH]1)C(C)C. The number of methoxy groups -OCH3 is 1. The van der Waals surface area contributed by atoms with E-state index in [9.17, 15) is 4.79 Å². The Morgan fingerprint density at radius 3 is 2.74 bits per heavy atom. The highest BCUT2D eigenvalue weighted by atomic mass is 16.5. The van der Waals surface area contributed by atoms with Crippen LogP contribution in [-0.2, 0) is 9.53 Å². The van der Waals surface area contributed by atoms with E-state index in [1.165, 1.54) is 7.11 Å². The third-order valence-electron chi connectivity index (χ3n) is 2.98. The maximum atomic E-state index is 11.8. The van der Waals surface area contributed by atoms with Crippen LogP contribution in [-0.4, -0.2) is 28.0 Å². The molecule has 1 N–H and O–H groups in total. The Morgan fingerprint density at radius 1 is 1.37 bits per heavy atom. The van der Waals surface area contributed by atoms with Gasteiger partial charge in [0.05, 0.1) is 19.0 Å². The molecule has 0 spiro atoms. The molecule has 5 nitrogen and oxygen atoms in total. The molecule has 0 aliphatic rings. The summed E-state index contributed by atoms with van der Waals surface area (Å²) >= 11 is 0. The van der Waals surface area contributed by atoms with Gasteiger partial charge in [-0.2, -0.15) is 0 Å². The largest absolute Gasteiger partial charge is 0.468 e. The number of hydrogen-bond acceptors (Lipinski definition) is 4. The molecule has 0 saturated heterocycles. The van der Waals surface area contributed by atoms with Crippen LogP contribution in [0.3, 0.4) is 0 Å². The van der Waals surface area contributed by atoms with Crippen molar-refractivity contribution in [1.82, 2.24) is 15.0 Å². The van der Waals surface area contributed by atoms with Crippen LogP contribution in [0.25, 0.3) is 11.3 Å². The number of nitrogens with zero attached hydrogens (tertiary/aromatic N) is 2. The number of carbonyl (C=O) groups excluding carboxylic acids is 1. The van der Waals surface area contributed by atoms with E-state index in [1.807, 2.05) is 26.0 Å². The van der Waals surface area contributed by atoms with Gasteiger partial charge in [-0.25, -0.2) is 4.98 Å². The zero-order valence-electron chi connectivity index (χ0n) is 11.3. The highest BCUT2D eigenvalue weighted by molar-refractivity contribution is 5.77. The fourth-order valence-electron chi connectivity index (χ4n) is 1.99. The van der Waals surface area contributed by atoms with Crippen molar-refractivity contribution in [2.45, 2.75) is 19.8 Å². The Hall–Kier alpha value is -2.17. The molecule has 5 heteroatoms. The molecule has 1 atom stereocenters. The number of H-pyrrole nitrogens is 1. The van der Waals surface area contributed by atoms with Crippen LogP contribution >= 0.6 is 0 Å². The molecule has 2 rings (SSSR count). The number of aromatic amines is 1. The molecule has 0 amide bonds. The number of hydrogen-bond donors (Lipinski definition) is 1. The van der Waals surface area contributed by atoms with Crippen LogP contribution in [0.2, 0.25) is 0 Å². The number of aromatic nitrogens is 3. The summed E-state index contributed by atoms with van der Waals surface area (Å²) in [5.41, 5.74) is 1.78. The smallest absolute Gasteiger partial charge is 0.316 e. The summed E-state index contributed by atoms with van der Waals surface area (Å²) in [6.07, 6.45) is 5.18. The molecule has 0 radical (unpaired) electrons. The minimum atomic E-state index is -0.379. The summed E-state index contributed by atoms with van der Waals surface area (Å²) in [6.45, 7) is 3.93. The number of rotatable bonds is 4. The summed E-state index contributed by atoms with van der Waals surface area (Å²) in [6, 6.07) is 3.79. The van der Waals surface area contributed by atoms with Crippen LogP contribution < -0.4 is 0 Å². The Kier molecular flexibility index (Phi) is 3.94. The molecule has 100 valence electrons. The van der Waals surface area contributed by atoms with Crippen molar-refractivity contribution in [3.8, 4) is 11.3 Å². The number of nitrogens with one attached hydrogen (secondary N) is 1. The van der Waals surface area contributed by atoms with Gasteiger partial charge in [0, 0.05) is 18.0 Å². The fraction of sp³-hybridized carbons (Fsp3) is 0.357. The molecule has 2 aromatic rings. The van der Waals surface area contributed by atoms with Gasteiger partial charge in [0.25, 0.3) is 0 Å². The second-order valence-electron chi connectivity index (χ2n) is 4.67. The monoisotopic (exact) mass is 259 g/mol. The number of imidazole rings is 1. The van der Waals surface area contributed by atoms with E-state index in [0.717, 1.165) is 11.3 Å². The van der Waals surface area contributed by atoms with Crippen LogP contribution in [0.5, 0.6) is 0 Å². The zero-order valence-corrected chi connectivity index (χ0v) is 11.3. The minimum absolute atomic E-state index is 0.111. The number of esters is 1. The number of ether oxygens (including phenoxy) is 1. The average Bonchev–Trinajstić information content (AvgIpc) is 2.88. The predicted molar refractivity (Wildman–Crippen MR) is 71.4 cm³/mol. The number of carbonyl (C=O) groups is 1. The summed E-state index contributed by atoms with van der Waals surface area (Å²) in [7, 11) is 1.39. The van der Waals surface area contributed by atoms with Gasteiger partial charge in [0.1, 0.15) is 11.7 Å². The molecule has 0 bridgehead atoms. The first-order valence-electron chi connectivity index (χ1n) is 6.16. The Labute approximate surface area is 112 Å². The topological polar surface area (TPSA) is 67.9 Å². The molecule has 0 fully saturated rings. The molecule has 0 aliphatic carbocycles. The second-order valence-corrected chi connectivity index (χ2v) is 4.67. The lowest BCUT2D eigenvalue weighted by molar-refractivity contribution is -0.143. The lowest BCUT2D eigenvalue weighted by Gasteiger charge is -2.15. The minimum Gasteiger partial charge on any atom is -0.468 e. The van der Waals surface area contributed by atoms with Gasteiger partial charge in [-0.3, -0.25) is 9.78 Å². The molecule has 1 unspecified atom stereocenters. The molecule has 0 aliphatic heterocycles. The van der Waals surface area contributed by atoms with E-state index in [1.54, 1.807) is 18.6 Å². The van der Waals surface area contributed by atoms with E-state index < -0.39 is 0 Å². The van der Waals surface area contributed by atoms with Crippen LogP contribution in [0.4, 0.5) is 0 Å². The summed E-state index contributed by atoms with van der Waals surface area (Å²) in [5, 5.41) is 0. The summed E-state index contributed by atoms with van der Waals surface area (Å²) < 4.78 is 4.83. The van der Waals surface area contributed by atoms with E-state index >= 15 is 0 Å². The highest BCUT2D eigenvalue weighted by Gasteiger charge is 2.27. The van der Waals surface area contributed by atoms with Crippen LogP contribution in [0, 0.1) is 5.92 Å². The standard InChI is InChI=1S/C14H17N3O2/c1-9(2)12(14(18)19-3)13-16-8-11(17-13)10-5-4-6-15-7-10/h4-9,12H,1-3H3,(H,16,17). The van der Waals surface area contributed by atoms with Crippen molar-refractivity contribution in [2.24, 2.45) is 5.92 Å². The van der Waals surface area contributed by atoms with E-state index in [2.05, 4.69) is 15.0 Å². The van der Waals surface area contributed by atoms with Crippen molar-refractivity contribution < 1.29 is 9.53 Å². The average molecular weight is 259 g/mol. The first-order chi connectivity index (χ1) is 9.13. The maximum Gasteiger partial charge on any atom is 0.316 e. The van der Waals surface area contributed by atoms with Gasteiger partial charge >= 0.3 is 5.97 Å². The third kappa shape index (κ3) is 2.81. The van der Waals surface area contributed by atoms with Crippen molar-refractivity contribution >= 4 is 5.97 Å². The van der Waals surface area contributed by atoms with Crippen molar-refractivity contribution in [3.05, 3.63) is 36.5 Å². The molecule has 2 aromatic heterocycles. The first-order valence-corrected chi connectivity index (χ1v) is 6.16. The molecule has 0 saturated carbocycles. The summed E-state index contributed by atoms with van der Waals surface area (Å²) in [5.74, 6) is 0.0820. The Morgan fingerprint density at radius 2 is 2.16 bits per heavy atom. The molecule has 0 aromatic carbocycles. The van der Waals surface area contributed by atoms with Crippen LogP contribution in [0.1, 0.15) is 25.6 Å². The molecule has 19 heavy (non-hydrogen) atoms. The molecule has 2 heterocycles. The first kappa shape index (κ1) is 13.3. The van der Waals surface area contributed by atoms with Gasteiger partial charge in [-0.1, -0.05) is 13.8 Å². The van der Waals surface area contributed by atoms with Gasteiger partial charge in [0.15, 0.2) is 0 Å². The fourth-order valence-corrected chi connectivity index (χ4v) is 1.99. The lowest BCUT2D eigenvalue weighted by atomic mass is 9.95. The Balaban J connectivity index is 2.32. The Bertz CT molecular complexity index is 549. The van der Waals surface area contributed by atoms with Gasteiger partial charge in [-0.05, 0) is 18.1 Å². The third-order valence-corrected chi connectivity index (χ3v) is 2.98. The van der Waals surface area contributed by atoms with Gasteiger partial charge in [-0.15, -0.1) is 0 Å². The highest BCUT2D eigenvalue weighted by Crippen LogP contribution is 2.25. The van der Waals surface area contributed by atoms with Crippen molar-refractivity contribution in [2.75, 3.05) is 7.11 Å². The van der Waals surface area contributed by atoms with E-state index in [-0.39, 0.29) is 17.8 Å². The van der Waals surface area contributed by atoms with Gasteiger partial charge in [0.2, 0.25) is 0 Å². The molecular formula is C14H17N3O2. The molecular weight excluding hydrogens is 242 g/mol.